The van der Waals surface area contributed by atoms with Crippen LogP contribution in [0.1, 0.15) is 5.56 Å². The molecule has 2 amide bonds. The monoisotopic (exact) mass is 462 g/mol. The first-order valence-electron chi connectivity index (χ1n) is 10.8. The molecule has 0 bridgehead atoms. The highest BCUT2D eigenvalue weighted by Gasteiger charge is 2.21. The molecule has 9 heteroatoms. The van der Waals surface area contributed by atoms with E-state index in [0.29, 0.717) is 36.0 Å². The van der Waals surface area contributed by atoms with Crippen LogP contribution in [0.2, 0.25) is 5.02 Å². The third-order valence-corrected chi connectivity index (χ3v) is 5.97. The molecule has 2 aromatic heterocycles. The topological polar surface area (TPSA) is 74.9 Å². The number of carbonyl (C=O) groups is 1. The van der Waals surface area contributed by atoms with Gasteiger partial charge in [0.2, 0.25) is 0 Å². The number of amides is 2. The van der Waals surface area contributed by atoms with E-state index in [-0.39, 0.29) is 11.7 Å². The van der Waals surface area contributed by atoms with E-state index >= 15 is 0 Å². The van der Waals surface area contributed by atoms with Crippen molar-refractivity contribution in [3.8, 4) is 0 Å². The minimum absolute atomic E-state index is 0.136. The van der Waals surface area contributed by atoms with Crippen molar-refractivity contribution in [3.05, 3.63) is 94.0 Å². The lowest BCUT2D eigenvalue weighted by atomic mass is 10.2. The number of benzene rings is 2. The van der Waals surface area contributed by atoms with Crippen molar-refractivity contribution in [2.45, 2.75) is 6.54 Å². The summed E-state index contributed by atoms with van der Waals surface area (Å²) in [4.78, 5) is 29.4. The molecule has 2 aromatic carbocycles. The highest BCUT2D eigenvalue weighted by molar-refractivity contribution is 6.30. The number of aromatic nitrogens is 3. The Hall–Kier alpha value is -3.78. The van der Waals surface area contributed by atoms with E-state index in [1.165, 1.54) is 9.08 Å². The lowest BCUT2D eigenvalue weighted by Gasteiger charge is -2.36. The zero-order chi connectivity index (χ0) is 22.8. The first-order chi connectivity index (χ1) is 16.1. The Morgan fingerprint density at radius 3 is 2.58 bits per heavy atom. The maximum atomic E-state index is 12.8. The first-order valence-corrected chi connectivity index (χ1v) is 11.1. The van der Waals surface area contributed by atoms with Gasteiger partial charge in [0.15, 0.2) is 5.65 Å². The second-order valence-electron chi connectivity index (χ2n) is 7.95. The van der Waals surface area contributed by atoms with Crippen LogP contribution in [0, 0.1) is 0 Å². The summed E-state index contributed by atoms with van der Waals surface area (Å²) in [6.45, 7) is 3.04. The summed E-state index contributed by atoms with van der Waals surface area (Å²) in [5.74, 6) is 0. The van der Waals surface area contributed by atoms with Crippen molar-refractivity contribution < 1.29 is 4.79 Å². The normalized spacial score (nSPS) is 14.0. The number of nitrogens with one attached hydrogen (secondary N) is 1. The molecule has 1 N–H and O–H groups in total. The summed E-state index contributed by atoms with van der Waals surface area (Å²) in [6.07, 6.45) is 1.70. The highest BCUT2D eigenvalue weighted by atomic mass is 35.5. The number of fused-ring (bicyclic) bond motifs is 1. The molecule has 8 nitrogen and oxygen atoms in total. The number of halogens is 1. The molecule has 0 spiro atoms. The minimum atomic E-state index is -0.197. The van der Waals surface area contributed by atoms with Crippen LogP contribution in [-0.4, -0.2) is 51.3 Å². The van der Waals surface area contributed by atoms with Crippen LogP contribution in [0.5, 0.6) is 0 Å². The van der Waals surface area contributed by atoms with Gasteiger partial charge in [-0.15, -0.1) is 5.10 Å². The molecule has 4 aromatic rings. The zero-order valence-electron chi connectivity index (χ0n) is 17.9. The van der Waals surface area contributed by atoms with Crippen LogP contribution in [0.3, 0.4) is 0 Å². The van der Waals surface area contributed by atoms with Crippen LogP contribution < -0.4 is 15.9 Å². The molecular weight excluding hydrogens is 440 g/mol. The molecule has 0 aliphatic carbocycles. The number of hydrogen-bond donors (Lipinski definition) is 1. The number of urea groups is 1. The van der Waals surface area contributed by atoms with Gasteiger partial charge < -0.3 is 15.1 Å². The largest absolute Gasteiger partial charge is 0.368 e. The molecule has 0 saturated carbocycles. The Labute approximate surface area is 195 Å². The van der Waals surface area contributed by atoms with Gasteiger partial charge in [-0.1, -0.05) is 35.9 Å². The minimum Gasteiger partial charge on any atom is -0.368 e. The summed E-state index contributed by atoms with van der Waals surface area (Å²) in [7, 11) is 0. The van der Waals surface area contributed by atoms with E-state index in [9.17, 15) is 9.59 Å². The maximum Gasteiger partial charge on any atom is 0.350 e. The van der Waals surface area contributed by atoms with Crippen molar-refractivity contribution in [3.63, 3.8) is 0 Å². The molecule has 0 radical (unpaired) electrons. The van der Waals surface area contributed by atoms with Gasteiger partial charge in [0, 0.05) is 48.8 Å². The number of nitrogens with zero attached hydrogens (tertiary/aromatic N) is 5. The van der Waals surface area contributed by atoms with Crippen molar-refractivity contribution in [2.24, 2.45) is 0 Å². The second-order valence-corrected chi connectivity index (χ2v) is 8.39. The molecule has 1 saturated heterocycles. The predicted molar refractivity (Wildman–Crippen MR) is 129 cm³/mol. The fourth-order valence-electron chi connectivity index (χ4n) is 4.03. The Bertz CT molecular complexity index is 1360. The van der Waals surface area contributed by atoms with Gasteiger partial charge in [-0.3, -0.25) is 4.40 Å². The number of anilines is 2. The summed E-state index contributed by atoms with van der Waals surface area (Å²) in [5, 5.41) is 8.05. The van der Waals surface area contributed by atoms with Crippen LogP contribution in [0.4, 0.5) is 16.2 Å². The van der Waals surface area contributed by atoms with Crippen LogP contribution >= 0.6 is 11.6 Å². The summed E-state index contributed by atoms with van der Waals surface area (Å²) in [6, 6.07) is 20.5. The lowest BCUT2D eigenvalue weighted by molar-refractivity contribution is 0.208. The average Bonchev–Trinajstić information content (AvgIpc) is 3.14. The van der Waals surface area contributed by atoms with Crippen LogP contribution in [-0.2, 0) is 6.54 Å². The van der Waals surface area contributed by atoms with E-state index in [4.69, 9.17) is 11.6 Å². The number of rotatable bonds is 4. The fraction of sp³-hybridized carbons (Fsp3) is 0.208. The quantitative estimate of drug-likeness (QED) is 0.503. The Morgan fingerprint density at radius 1 is 0.970 bits per heavy atom. The van der Waals surface area contributed by atoms with Gasteiger partial charge in [0.1, 0.15) is 0 Å². The maximum absolute atomic E-state index is 12.8. The molecule has 3 heterocycles. The van der Waals surface area contributed by atoms with Crippen molar-refractivity contribution in [1.29, 1.82) is 0 Å². The number of piperazine rings is 1. The van der Waals surface area contributed by atoms with E-state index in [1.54, 1.807) is 23.2 Å². The van der Waals surface area contributed by atoms with Gasteiger partial charge in [0.25, 0.3) is 0 Å². The molecule has 1 fully saturated rings. The van der Waals surface area contributed by atoms with E-state index in [2.05, 4.69) is 15.3 Å². The predicted octanol–water partition coefficient (Wildman–Crippen LogP) is 3.55. The van der Waals surface area contributed by atoms with Gasteiger partial charge in [-0.2, -0.15) is 0 Å². The van der Waals surface area contributed by atoms with E-state index < -0.39 is 0 Å². The molecule has 33 heavy (non-hydrogen) atoms. The molecular formula is C24H23ClN6O2. The van der Waals surface area contributed by atoms with Gasteiger partial charge >= 0.3 is 11.7 Å². The standard InChI is InChI=1S/C24H23ClN6O2/c25-19-6-4-8-21(16-19)28-11-13-29(14-12-28)23(32)26-20-7-3-5-18(15-20)17-31-24(33)30-10-2-1-9-22(30)27-31/h1-10,15-16H,11-14,17H2,(H,26,32). The van der Waals surface area contributed by atoms with E-state index in [1.807, 2.05) is 54.6 Å². The summed E-state index contributed by atoms with van der Waals surface area (Å²) in [5.41, 5.74) is 3.04. The number of pyridine rings is 1. The molecule has 1 aliphatic rings. The molecule has 168 valence electrons. The smallest absolute Gasteiger partial charge is 0.350 e. The third kappa shape index (κ3) is 4.56. The van der Waals surface area contributed by atoms with Crippen LogP contribution in [0.25, 0.3) is 5.65 Å². The zero-order valence-corrected chi connectivity index (χ0v) is 18.7. The fourth-order valence-corrected chi connectivity index (χ4v) is 4.22. The summed E-state index contributed by atoms with van der Waals surface area (Å²) >= 11 is 6.10. The first kappa shape index (κ1) is 21.1. The Morgan fingerprint density at radius 2 is 1.79 bits per heavy atom. The van der Waals surface area contributed by atoms with Crippen LogP contribution in [0.15, 0.2) is 77.7 Å². The van der Waals surface area contributed by atoms with Gasteiger partial charge in [-0.05, 0) is 48.0 Å². The third-order valence-electron chi connectivity index (χ3n) is 5.74. The van der Waals surface area contributed by atoms with Gasteiger partial charge in [0.05, 0.1) is 6.54 Å². The molecule has 1 aliphatic heterocycles. The summed E-state index contributed by atoms with van der Waals surface area (Å²) < 4.78 is 2.93. The lowest BCUT2D eigenvalue weighted by Crippen LogP contribution is -2.50. The van der Waals surface area contributed by atoms with Gasteiger partial charge in [-0.25, -0.2) is 14.3 Å². The Kier molecular flexibility index (Phi) is 5.75. The van der Waals surface area contributed by atoms with E-state index in [0.717, 1.165) is 24.3 Å². The number of carbonyl (C=O) groups excluding carboxylic acids is 1. The van der Waals surface area contributed by atoms with Crippen molar-refractivity contribution in [1.82, 2.24) is 19.1 Å². The molecule has 0 unspecified atom stereocenters. The molecule has 5 rings (SSSR count). The molecule has 0 atom stereocenters. The van der Waals surface area contributed by atoms with Crippen molar-refractivity contribution in [2.75, 3.05) is 36.4 Å². The van der Waals surface area contributed by atoms with Crippen molar-refractivity contribution >= 4 is 34.7 Å². The highest BCUT2D eigenvalue weighted by Crippen LogP contribution is 2.21. The Balaban J connectivity index is 1.22. The second kappa shape index (κ2) is 8.99. The SMILES string of the molecule is O=C(Nc1cccc(Cn2nc3ccccn3c2=O)c1)N1CCN(c2cccc(Cl)c2)CC1. The average molecular weight is 463 g/mol. The number of hydrogen-bond acceptors (Lipinski definition) is 4.